The molecule has 0 bridgehead atoms. The number of benzene rings is 4. The van der Waals surface area contributed by atoms with Gasteiger partial charge in [-0.3, -0.25) is 14.2 Å². The summed E-state index contributed by atoms with van der Waals surface area (Å²) in [6.45, 7) is 6.94. The van der Waals surface area contributed by atoms with Crippen molar-refractivity contribution in [3.8, 4) is 11.5 Å². The van der Waals surface area contributed by atoms with E-state index in [0.717, 1.165) is 16.7 Å². The van der Waals surface area contributed by atoms with Crippen molar-refractivity contribution in [3.63, 3.8) is 0 Å². The molecule has 220 valence electrons. The monoisotopic (exact) mass is 594 g/mol. The first kappa shape index (κ1) is 29.9. The number of amides is 1. The molecule has 1 amide bonds. The quantitative estimate of drug-likeness (QED) is 0.171. The maximum atomic E-state index is 13.5. The van der Waals surface area contributed by atoms with E-state index in [-0.39, 0.29) is 23.7 Å². The van der Waals surface area contributed by atoms with Gasteiger partial charge in [0.25, 0.3) is 5.91 Å². The molecule has 43 heavy (non-hydrogen) atoms. The van der Waals surface area contributed by atoms with Gasteiger partial charge in [-0.1, -0.05) is 67.9 Å². The van der Waals surface area contributed by atoms with Crippen molar-refractivity contribution in [1.82, 2.24) is 9.88 Å². The first-order valence-electron chi connectivity index (χ1n) is 14.2. The van der Waals surface area contributed by atoms with Gasteiger partial charge in [0.2, 0.25) is 5.91 Å². The molecule has 0 saturated heterocycles. The van der Waals surface area contributed by atoms with Crippen molar-refractivity contribution < 1.29 is 19.1 Å². The summed E-state index contributed by atoms with van der Waals surface area (Å²) in [5.74, 6) is 1.04. The second kappa shape index (κ2) is 12.8. The molecule has 0 fully saturated rings. The smallest absolute Gasteiger partial charge is 0.262 e. The molecule has 0 saturated carbocycles. The van der Waals surface area contributed by atoms with Gasteiger partial charge in [-0.05, 0) is 78.2 Å². The van der Waals surface area contributed by atoms with Gasteiger partial charge in [-0.25, -0.2) is 0 Å². The van der Waals surface area contributed by atoms with Gasteiger partial charge < -0.3 is 14.8 Å². The van der Waals surface area contributed by atoms with Gasteiger partial charge in [0.1, 0.15) is 18.1 Å². The lowest BCUT2D eigenvalue weighted by Crippen LogP contribution is -2.29. The average molecular weight is 595 g/mol. The summed E-state index contributed by atoms with van der Waals surface area (Å²) in [6.07, 6.45) is 0.111. The fourth-order valence-corrected chi connectivity index (χ4v) is 5.49. The Kier molecular flexibility index (Phi) is 8.88. The van der Waals surface area contributed by atoms with Crippen LogP contribution in [0.3, 0.4) is 0 Å². The molecule has 5 aromatic rings. The van der Waals surface area contributed by atoms with Gasteiger partial charge in [0, 0.05) is 27.1 Å². The third-order valence-corrected chi connectivity index (χ3v) is 8.19. The van der Waals surface area contributed by atoms with Gasteiger partial charge >= 0.3 is 0 Å². The van der Waals surface area contributed by atoms with Crippen LogP contribution < -0.4 is 14.8 Å². The van der Waals surface area contributed by atoms with Crippen LogP contribution in [0.4, 0.5) is 0 Å². The zero-order valence-corrected chi connectivity index (χ0v) is 25.6. The summed E-state index contributed by atoms with van der Waals surface area (Å²) in [6, 6.07) is 30.8. The van der Waals surface area contributed by atoms with E-state index in [4.69, 9.17) is 21.1 Å². The molecule has 0 aliphatic heterocycles. The highest BCUT2D eigenvalue weighted by Gasteiger charge is 2.23. The summed E-state index contributed by atoms with van der Waals surface area (Å²) < 4.78 is 13.0. The summed E-state index contributed by atoms with van der Waals surface area (Å²) in [5, 5.41) is 4.30. The molecule has 0 unspecified atom stereocenters. The third-order valence-electron chi connectivity index (χ3n) is 7.94. The molecule has 1 aromatic heterocycles. The van der Waals surface area contributed by atoms with E-state index in [1.54, 1.807) is 35.9 Å². The lowest BCUT2D eigenvalue weighted by Gasteiger charge is -2.26. The van der Waals surface area contributed by atoms with Gasteiger partial charge in [0.15, 0.2) is 0 Å². The van der Waals surface area contributed by atoms with E-state index >= 15 is 0 Å². The first-order chi connectivity index (χ1) is 20.7. The molecule has 1 heterocycles. The Morgan fingerprint density at radius 1 is 0.860 bits per heavy atom. The SMILES string of the molecule is COc1ccc2c(c1)c(CC(=O)NCCOc1ccc(C(C)(C)c3ccccc3)cc1)c(C)n2C(=O)c1ccc(Cl)cc1. The van der Waals surface area contributed by atoms with Crippen LogP contribution in [0.25, 0.3) is 10.9 Å². The van der Waals surface area contributed by atoms with Crippen LogP contribution in [0.15, 0.2) is 97.1 Å². The Morgan fingerprint density at radius 3 is 2.19 bits per heavy atom. The summed E-state index contributed by atoms with van der Waals surface area (Å²) in [7, 11) is 1.59. The van der Waals surface area contributed by atoms with E-state index in [9.17, 15) is 9.59 Å². The highest BCUT2D eigenvalue weighted by molar-refractivity contribution is 6.30. The number of nitrogens with one attached hydrogen (secondary N) is 1. The summed E-state index contributed by atoms with van der Waals surface area (Å²) in [4.78, 5) is 26.6. The normalized spacial score (nSPS) is 11.4. The molecule has 0 aliphatic rings. The minimum atomic E-state index is -0.192. The average Bonchev–Trinajstić information content (AvgIpc) is 3.29. The van der Waals surface area contributed by atoms with Crippen LogP contribution in [0.1, 0.15) is 46.6 Å². The first-order valence-corrected chi connectivity index (χ1v) is 14.6. The van der Waals surface area contributed by atoms with Crippen LogP contribution in [0, 0.1) is 6.92 Å². The second-order valence-electron chi connectivity index (χ2n) is 11.0. The number of carbonyl (C=O) groups is 2. The van der Waals surface area contributed by atoms with E-state index in [1.165, 1.54) is 11.1 Å². The number of carbonyl (C=O) groups excluding carboxylic acids is 2. The van der Waals surface area contributed by atoms with Crippen LogP contribution in [0.2, 0.25) is 5.02 Å². The van der Waals surface area contributed by atoms with E-state index in [0.29, 0.717) is 40.7 Å². The largest absolute Gasteiger partial charge is 0.497 e. The number of methoxy groups -OCH3 is 1. The number of aromatic nitrogens is 1. The van der Waals surface area contributed by atoms with Crippen molar-refractivity contribution >= 4 is 34.3 Å². The maximum Gasteiger partial charge on any atom is 0.262 e. The van der Waals surface area contributed by atoms with Gasteiger partial charge in [0.05, 0.1) is 25.6 Å². The standard InChI is InChI=1S/C36H35ClN2O4/c1-24-31(32-22-30(42-4)18-19-33(32)39(24)35(41)25-10-14-28(37)15-11-25)23-34(40)38-20-21-43-29-16-12-27(13-17-29)36(2,3)26-8-6-5-7-9-26/h5-19,22H,20-21,23H2,1-4H3,(H,38,40). The topological polar surface area (TPSA) is 69.6 Å². The molecule has 4 aromatic carbocycles. The van der Waals surface area contributed by atoms with Crippen molar-refractivity contribution in [2.75, 3.05) is 20.3 Å². The van der Waals surface area contributed by atoms with Crippen LogP contribution >= 0.6 is 11.6 Å². The Morgan fingerprint density at radius 2 is 1.51 bits per heavy atom. The highest BCUT2D eigenvalue weighted by Crippen LogP contribution is 2.33. The Bertz CT molecular complexity index is 1740. The van der Waals surface area contributed by atoms with Crippen molar-refractivity contribution in [1.29, 1.82) is 0 Å². The summed E-state index contributed by atoms with van der Waals surface area (Å²) >= 11 is 6.03. The van der Waals surface area contributed by atoms with Crippen molar-refractivity contribution in [2.24, 2.45) is 0 Å². The Labute approximate surface area is 257 Å². The van der Waals surface area contributed by atoms with Crippen molar-refractivity contribution in [3.05, 3.63) is 130 Å². The Balaban J connectivity index is 1.24. The molecule has 7 heteroatoms. The minimum Gasteiger partial charge on any atom is -0.497 e. The van der Waals surface area contributed by atoms with Gasteiger partial charge in [-0.2, -0.15) is 0 Å². The second-order valence-corrected chi connectivity index (χ2v) is 11.4. The maximum absolute atomic E-state index is 13.5. The number of hydrogen-bond acceptors (Lipinski definition) is 4. The molecule has 5 rings (SSSR count). The van der Waals surface area contributed by atoms with E-state index in [1.807, 2.05) is 43.3 Å². The molecule has 0 atom stereocenters. The summed E-state index contributed by atoms with van der Waals surface area (Å²) in [5.41, 5.74) is 5.00. The number of halogens is 1. The van der Waals surface area contributed by atoms with E-state index < -0.39 is 0 Å². The zero-order chi connectivity index (χ0) is 30.6. The number of ether oxygens (including phenoxy) is 2. The minimum absolute atomic E-state index is 0.111. The highest BCUT2D eigenvalue weighted by atomic mass is 35.5. The fourth-order valence-electron chi connectivity index (χ4n) is 5.37. The third kappa shape index (κ3) is 6.45. The van der Waals surface area contributed by atoms with Gasteiger partial charge in [-0.15, -0.1) is 0 Å². The number of hydrogen-bond donors (Lipinski definition) is 1. The van der Waals surface area contributed by atoms with E-state index in [2.05, 4.69) is 55.6 Å². The zero-order valence-electron chi connectivity index (χ0n) is 24.8. The Hall–Kier alpha value is -4.55. The fraction of sp³-hybridized carbons (Fsp3) is 0.222. The predicted octanol–water partition coefficient (Wildman–Crippen LogP) is 7.36. The lowest BCUT2D eigenvalue weighted by molar-refractivity contribution is -0.120. The van der Waals surface area contributed by atoms with Crippen LogP contribution in [0.5, 0.6) is 11.5 Å². The number of nitrogens with zero attached hydrogens (tertiary/aromatic N) is 1. The number of fused-ring (bicyclic) bond motifs is 1. The molecular weight excluding hydrogens is 560 g/mol. The molecule has 0 aliphatic carbocycles. The van der Waals surface area contributed by atoms with Crippen LogP contribution in [-0.4, -0.2) is 36.6 Å². The molecule has 6 nitrogen and oxygen atoms in total. The molecule has 1 N–H and O–H groups in total. The molecule has 0 radical (unpaired) electrons. The van der Waals surface area contributed by atoms with Crippen LogP contribution in [-0.2, 0) is 16.6 Å². The predicted molar refractivity (Wildman–Crippen MR) is 172 cm³/mol. The molecule has 0 spiro atoms. The van der Waals surface area contributed by atoms with Crippen molar-refractivity contribution in [2.45, 2.75) is 32.6 Å². The number of rotatable bonds is 10. The molecular formula is C36H35ClN2O4. The lowest BCUT2D eigenvalue weighted by atomic mass is 9.78.